The summed E-state index contributed by atoms with van der Waals surface area (Å²) in [4.78, 5) is 22.1. The van der Waals surface area contributed by atoms with Gasteiger partial charge in [0, 0.05) is 18.9 Å². The van der Waals surface area contributed by atoms with Crippen molar-refractivity contribution < 1.29 is 22.5 Å². The Balaban J connectivity index is 1.92. The van der Waals surface area contributed by atoms with Gasteiger partial charge >= 0.3 is 0 Å². The number of nitrogens with zero attached hydrogens (tertiary/aromatic N) is 1. The fourth-order valence-corrected chi connectivity index (χ4v) is 2.92. The number of anilines is 1. The number of carbonyl (C=O) groups is 1. The van der Waals surface area contributed by atoms with Gasteiger partial charge in [-0.15, -0.1) is 0 Å². The number of nitro groups is 1. The Kier molecular flexibility index (Phi) is 6.45. The lowest BCUT2D eigenvalue weighted by molar-refractivity contribution is -0.384. The number of nitrogens with one attached hydrogen (secondary N) is 2. The number of hydrogen-bond acceptors (Lipinski definition) is 6. The van der Waals surface area contributed by atoms with Gasteiger partial charge in [0.15, 0.2) is 9.84 Å². The predicted molar refractivity (Wildman–Crippen MR) is 97.8 cm³/mol. The minimum absolute atomic E-state index is 0.0427. The van der Waals surface area contributed by atoms with Gasteiger partial charge in [-0.3, -0.25) is 14.9 Å². The zero-order valence-electron chi connectivity index (χ0n) is 14.4. The maximum atomic E-state index is 12.8. The molecule has 0 aliphatic rings. The first kappa shape index (κ1) is 20.3. The van der Waals surface area contributed by atoms with Crippen LogP contribution in [0.25, 0.3) is 0 Å². The zero-order chi connectivity index (χ0) is 20.0. The third-order valence-electron chi connectivity index (χ3n) is 3.68. The molecule has 0 spiro atoms. The number of nitro benzene ring substituents is 1. The first-order valence-corrected chi connectivity index (χ1v) is 9.79. The Labute approximate surface area is 155 Å². The van der Waals surface area contributed by atoms with Crippen molar-refractivity contribution >= 4 is 27.1 Å². The summed E-state index contributed by atoms with van der Waals surface area (Å²) in [5.74, 6) is -0.728. The molecule has 0 saturated heterocycles. The van der Waals surface area contributed by atoms with E-state index >= 15 is 0 Å². The van der Waals surface area contributed by atoms with Gasteiger partial charge in [-0.2, -0.15) is 0 Å². The normalized spacial score (nSPS) is 11.0. The molecule has 8 nitrogen and oxygen atoms in total. The number of sulfone groups is 1. The van der Waals surface area contributed by atoms with Crippen LogP contribution in [0.5, 0.6) is 0 Å². The third kappa shape index (κ3) is 6.03. The average molecular weight is 395 g/mol. The highest BCUT2D eigenvalue weighted by atomic mass is 32.2. The maximum Gasteiger partial charge on any atom is 0.293 e. The summed E-state index contributed by atoms with van der Waals surface area (Å²) in [5, 5.41) is 16.4. The highest BCUT2D eigenvalue weighted by Crippen LogP contribution is 2.27. The van der Waals surface area contributed by atoms with E-state index in [2.05, 4.69) is 10.6 Å². The molecule has 0 unspecified atom stereocenters. The Morgan fingerprint density at radius 1 is 1.19 bits per heavy atom. The molecule has 0 bridgehead atoms. The predicted octanol–water partition coefficient (Wildman–Crippen LogP) is 1.91. The Morgan fingerprint density at radius 3 is 2.44 bits per heavy atom. The van der Waals surface area contributed by atoms with Crippen LogP contribution in [-0.4, -0.2) is 38.6 Å². The molecule has 2 aromatic rings. The number of amides is 1. The molecular weight excluding hydrogens is 377 g/mol. The first-order chi connectivity index (χ1) is 12.7. The van der Waals surface area contributed by atoms with Gasteiger partial charge in [-0.25, -0.2) is 12.8 Å². The summed E-state index contributed by atoms with van der Waals surface area (Å²) in [6, 6.07) is 9.33. The van der Waals surface area contributed by atoms with E-state index in [1.54, 1.807) is 12.1 Å². The highest BCUT2D eigenvalue weighted by Gasteiger charge is 2.19. The number of halogens is 1. The quantitative estimate of drug-likeness (QED) is 0.521. The van der Waals surface area contributed by atoms with Crippen LogP contribution in [0.1, 0.15) is 5.56 Å². The Hall–Kier alpha value is -3.01. The van der Waals surface area contributed by atoms with E-state index in [9.17, 15) is 27.7 Å². The van der Waals surface area contributed by atoms with Crippen molar-refractivity contribution in [3.05, 3.63) is 64.0 Å². The van der Waals surface area contributed by atoms with Crippen LogP contribution in [0, 0.1) is 15.9 Å². The standard InChI is InChI=1S/C17H18FN3O5S/c1-27(25,26)14-6-7-15(16(10-14)21(23)24)20-11-17(22)19-9-8-12-2-4-13(18)5-3-12/h2-7,10,20H,8-9,11H2,1H3,(H,19,22). The van der Waals surface area contributed by atoms with Crippen molar-refractivity contribution in [2.75, 3.05) is 24.7 Å². The molecule has 0 aromatic heterocycles. The molecule has 0 aliphatic heterocycles. The summed E-state index contributed by atoms with van der Waals surface area (Å²) in [7, 11) is -3.58. The second-order valence-electron chi connectivity index (χ2n) is 5.79. The number of hydrogen-bond donors (Lipinski definition) is 2. The minimum atomic E-state index is -3.58. The van der Waals surface area contributed by atoms with Crippen molar-refractivity contribution in [2.24, 2.45) is 0 Å². The highest BCUT2D eigenvalue weighted by molar-refractivity contribution is 7.90. The molecule has 0 fully saturated rings. The summed E-state index contributed by atoms with van der Waals surface area (Å²) >= 11 is 0. The summed E-state index contributed by atoms with van der Waals surface area (Å²) in [5.41, 5.74) is 0.467. The lowest BCUT2D eigenvalue weighted by Gasteiger charge is -2.09. The van der Waals surface area contributed by atoms with Crippen molar-refractivity contribution in [1.29, 1.82) is 0 Å². The Bertz CT molecular complexity index is 946. The second-order valence-corrected chi connectivity index (χ2v) is 7.80. The van der Waals surface area contributed by atoms with E-state index < -0.39 is 26.4 Å². The van der Waals surface area contributed by atoms with E-state index in [-0.39, 0.29) is 22.9 Å². The van der Waals surface area contributed by atoms with Gasteiger partial charge in [-0.05, 0) is 36.2 Å². The number of rotatable bonds is 8. The van der Waals surface area contributed by atoms with Crippen molar-refractivity contribution in [3.8, 4) is 0 Å². The minimum Gasteiger partial charge on any atom is -0.371 e. The molecule has 0 aliphatic carbocycles. The van der Waals surface area contributed by atoms with Gasteiger partial charge < -0.3 is 10.6 Å². The first-order valence-electron chi connectivity index (χ1n) is 7.90. The van der Waals surface area contributed by atoms with Crippen molar-refractivity contribution in [1.82, 2.24) is 5.32 Å². The van der Waals surface area contributed by atoms with E-state index in [0.717, 1.165) is 17.9 Å². The molecule has 0 atom stereocenters. The van der Waals surface area contributed by atoms with Gasteiger partial charge in [0.2, 0.25) is 5.91 Å². The summed E-state index contributed by atoms with van der Waals surface area (Å²) < 4.78 is 35.8. The van der Waals surface area contributed by atoms with Gasteiger partial charge in [0.25, 0.3) is 5.69 Å². The van der Waals surface area contributed by atoms with Crippen LogP contribution in [0.4, 0.5) is 15.8 Å². The summed E-state index contributed by atoms with van der Waals surface area (Å²) in [6.07, 6.45) is 1.46. The van der Waals surface area contributed by atoms with E-state index in [1.807, 2.05) is 0 Å². The fourth-order valence-electron chi connectivity index (χ4n) is 2.28. The van der Waals surface area contributed by atoms with E-state index in [1.165, 1.54) is 24.3 Å². The SMILES string of the molecule is CS(=O)(=O)c1ccc(NCC(=O)NCCc2ccc(F)cc2)c([N+](=O)[O-])c1. The molecule has 0 radical (unpaired) electrons. The molecule has 10 heteroatoms. The molecule has 0 heterocycles. The molecule has 0 saturated carbocycles. The topological polar surface area (TPSA) is 118 Å². The number of benzene rings is 2. The third-order valence-corrected chi connectivity index (χ3v) is 4.79. The van der Waals surface area contributed by atoms with Gasteiger partial charge in [0.1, 0.15) is 11.5 Å². The number of carbonyl (C=O) groups excluding carboxylic acids is 1. The molecule has 2 aromatic carbocycles. The van der Waals surface area contributed by atoms with Crippen LogP contribution in [-0.2, 0) is 21.1 Å². The molecule has 2 N–H and O–H groups in total. The smallest absolute Gasteiger partial charge is 0.293 e. The molecule has 27 heavy (non-hydrogen) atoms. The largest absolute Gasteiger partial charge is 0.371 e. The fraction of sp³-hybridized carbons (Fsp3) is 0.235. The van der Waals surface area contributed by atoms with Crippen molar-refractivity contribution in [2.45, 2.75) is 11.3 Å². The van der Waals surface area contributed by atoms with Crippen LogP contribution in [0.2, 0.25) is 0 Å². The second kappa shape index (κ2) is 8.58. The summed E-state index contributed by atoms with van der Waals surface area (Å²) in [6.45, 7) is 0.101. The van der Waals surface area contributed by atoms with Crippen LogP contribution in [0.15, 0.2) is 47.4 Å². The van der Waals surface area contributed by atoms with E-state index in [4.69, 9.17) is 0 Å². The molecular formula is C17H18FN3O5S. The lowest BCUT2D eigenvalue weighted by Crippen LogP contribution is -2.31. The van der Waals surface area contributed by atoms with Crippen LogP contribution in [0.3, 0.4) is 0 Å². The average Bonchev–Trinajstić information content (AvgIpc) is 2.60. The monoisotopic (exact) mass is 395 g/mol. The van der Waals surface area contributed by atoms with Crippen LogP contribution < -0.4 is 10.6 Å². The molecule has 2 rings (SSSR count). The Morgan fingerprint density at radius 2 is 1.85 bits per heavy atom. The maximum absolute atomic E-state index is 12.8. The van der Waals surface area contributed by atoms with Gasteiger partial charge in [0.05, 0.1) is 16.4 Å². The molecule has 1 amide bonds. The molecule has 144 valence electrons. The van der Waals surface area contributed by atoms with Crippen LogP contribution >= 0.6 is 0 Å². The van der Waals surface area contributed by atoms with Gasteiger partial charge in [-0.1, -0.05) is 12.1 Å². The van der Waals surface area contributed by atoms with Crippen molar-refractivity contribution in [3.63, 3.8) is 0 Å². The zero-order valence-corrected chi connectivity index (χ0v) is 15.3. The lowest BCUT2D eigenvalue weighted by atomic mass is 10.1. The van der Waals surface area contributed by atoms with E-state index in [0.29, 0.717) is 13.0 Å².